The first-order chi connectivity index (χ1) is 16.5. The van der Waals surface area contributed by atoms with Crippen molar-refractivity contribution in [3.8, 4) is 0 Å². The van der Waals surface area contributed by atoms with Gasteiger partial charge in [-0.2, -0.15) is 0 Å². The van der Waals surface area contributed by atoms with Crippen LogP contribution >= 0.6 is 0 Å². The molecule has 1 aromatic heterocycles. The summed E-state index contributed by atoms with van der Waals surface area (Å²) < 4.78 is 5.94. The van der Waals surface area contributed by atoms with Crippen LogP contribution in [-0.4, -0.2) is 33.0 Å². The highest BCUT2D eigenvalue weighted by Gasteiger charge is 2.42. The standard InChI is InChI=1S/C30H34N2O3/c1-29(2)13-15-32-16-14-30(3,4)25-26(32)23(29)18-20-17-22(28(34)35-27(20)25)24(33)12-9-19-7-10-21(11-8-19)31(5)6/h7-12,17-18H,13-16H2,1-6H3/b12-9+. The molecule has 5 heteroatoms. The minimum absolute atomic E-state index is 0.0150. The van der Waals surface area contributed by atoms with Gasteiger partial charge in [0.15, 0.2) is 5.78 Å². The van der Waals surface area contributed by atoms with Gasteiger partial charge in [-0.3, -0.25) is 4.79 Å². The molecule has 2 aromatic carbocycles. The number of anilines is 2. The van der Waals surface area contributed by atoms with Crippen molar-refractivity contribution < 1.29 is 9.21 Å². The Morgan fingerprint density at radius 1 is 1.00 bits per heavy atom. The van der Waals surface area contributed by atoms with E-state index >= 15 is 0 Å². The Balaban J connectivity index is 1.60. The zero-order valence-electron chi connectivity index (χ0n) is 21.6. The van der Waals surface area contributed by atoms with Crippen LogP contribution in [0.5, 0.6) is 0 Å². The minimum Gasteiger partial charge on any atom is -0.422 e. The van der Waals surface area contributed by atoms with Crippen LogP contribution in [0.15, 0.2) is 51.7 Å². The lowest BCUT2D eigenvalue weighted by Crippen LogP contribution is -2.44. The van der Waals surface area contributed by atoms with Crippen molar-refractivity contribution in [1.82, 2.24) is 0 Å². The summed E-state index contributed by atoms with van der Waals surface area (Å²) in [6.45, 7) is 11.0. The zero-order valence-corrected chi connectivity index (χ0v) is 21.6. The number of hydrogen-bond donors (Lipinski definition) is 0. The lowest BCUT2D eigenvalue weighted by molar-refractivity contribution is 0.104. The average molecular weight is 471 g/mol. The highest BCUT2D eigenvalue weighted by Crippen LogP contribution is 2.51. The molecule has 3 aromatic rings. The summed E-state index contributed by atoms with van der Waals surface area (Å²) in [5, 5.41) is 0.829. The molecule has 0 saturated carbocycles. The highest BCUT2D eigenvalue weighted by atomic mass is 16.4. The monoisotopic (exact) mass is 470 g/mol. The fourth-order valence-corrected chi connectivity index (χ4v) is 5.47. The molecule has 2 aliphatic rings. The Bertz CT molecular complexity index is 1410. The fraction of sp³-hybridized carbons (Fsp3) is 0.400. The molecule has 0 fully saturated rings. The number of benzene rings is 2. The number of rotatable bonds is 4. The molecule has 0 spiro atoms. The van der Waals surface area contributed by atoms with Crippen molar-refractivity contribution in [1.29, 1.82) is 0 Å². The van der Waals surface area contributed by atoms with Crippen LogP contribution in [0.1, 0.15) is 67.6 Å². The second-order valence-corrected chi connectivity index (χ2v) is 11.5. The second kappa shape index (κ2) is 8.11. The lowest BCUT2D eigenvalue weighted by Gasteiger charge is -2.48. The number of carbonyl (C=O) groups is 1. The van der Waals surface area contributed by atoms with Crippen molar-refractivity contribution >= 4 is 34.2 Å². The van der Waals surface area contributed by atoms with Crippen molar-refractivity contribution in [3.05, 3.63) is 75.1 Å². The molecule has 0 N–H and O–H groups in total. The van der Waals surface area contributed by atoms with Gasteiger partial charge < -0.3 is 14.2 Å². The maximum atomic E-state index is 13.1. The number of fused-ring (bicyclic) bond motifs is 2. The van der Waals surface area contributed by atoms with Gasteiger partial charge in [0.1, 0.15) is 11.1 Å². The van der Waals surface area contributed by atoms with Gasteiger partial charge in [-0.25, -0.2) is 4.79 Å². The molecule has 0 aliphatic carbocycles. The van der Waals surface area contributed by atoms with Gasteiger partial charge in [0.2, 0.25) is 0 Å². The predicted molar refractivity (Wildman–Crippen MR) is 144 cm³/mol. The van der Waals surface area contributed by atoms with Crippen LogP contribution in [0, 0.1) is 0 Å². The van der Waals surface area contributed by atoms with Crippen molar-refractivity contribution in [3.63, 3.8) is 0 Å². The maximum absolute atomic E-state index is 13.1. The molecule has 35 heavy (non-hydrogen) atoms. The molecule has 2 aliphatic heterocycles. The van der Waals surface area contributed by atoms with Crippen LogP contribution in [0.4, 0.5) is 11.4 Å². The molecule has 5 rings (SSSR count). The summed E-state index contributed by atoms with van der Waals surface area (Å²) in [6.07, 6.45) is 5.27. The molecule has 182 valence electrons. The SMILES string of the molecule is CN(C)c1ccc(/C=C/C(=O)c2cc3cc4c5c(c3oc2=O)C(C)(C)CCN5CCC4(C)C)cc1. The van der Waals surface area contributed by atoms with E-state index in [4.69, 9.17) is 4.42 Å². The molecule has 0 atom stereocenters. The van der Waals surface area contributed by atoms with E-state index in [-0.39, 0.29) is 22.2 Å². The molecule has 0 bridgehead atoms. The first-order valence-electron chi connectivity index (χ1n) is 12.4. The number of nitrogens with zero attached hydrogens (tertiary/aromatic N) is 2. The second-order valence-electron chi connectivity index (χ2n) is 11.5. The number of carbonyl (C=O) groups excluding carboxylic acids is 1. The Kier molecular flexibility index (Phi) is 5.42. The predicted octanol–water partition coefficient (Wildman–Crippen LogP) is 5.92. The average Bonchev–Trinajstić information content (AvgIpc) is 2.80. The minimum atomic E-state index is -0.575. The number of ketones is 1. The van der Waals surface area contributed by atoms with Gasteiger partial charge in [0.25, 0.3) is 0 Å². The van der Waals surface area contributed by atoms with Crippen LogP contribution in [0.2, 0.25) is 0 Å². The molecule has 3 heterocycles. The molecule has 0 amide bonds. The van der Waals surface area contributed by atoms with Gasteiger partial charge >= 0.3 is 5.63 Å². The maximum Gasteiger partial charge on any atom is 0.347 e. The topological polar surface area (TPSA) is 53.8 Å². The summed E-state index contributed by atoms with van der Waals surface area (Å²) >= 11 is 0. The molecule has 5 nitrogen and oxygen atoms in total. The normalized spacial score (nSPS) is 18.1. The quantitative estimate of drug-likeness (QED) is 0.269. The van der Waals surface area contributed by atoms with Gasteiger partial charge in [0.05, 0.1) is 0 Å². The first kappa shape index (κ1) is 23.4. The third-order valence-corrected chi connectivity index (χ3v) is 7.83. The largest absolute Gasteiger partial charge is 0.422 e. The van der Waals surface area contributed by atoms with Crippen molar-refractivity contribution in [2.45, 2.75) is 51.4 Å². The Hall–Kier alpha value is -3.34. The summed E-state index contributed by atoms with van der Waals surface area (Å²) in [5.41, 5.74) is 5.62. The number of hydrogen-bond acceptors (Lipinski definition) is 5. The van der Waals surface area contributed by atoms with Crippen LogP contribution in [0.25, 0.3) is 17.0 Å². The summed E-state index contributed by atoms with van der Waals surface area (Å²) in [4.78, 5) is 30.6. The van der Waals surface area contributed by atoms with E-state index in [1.165, 1.54) is 17.3 Å². The zero-order chi connectivity index (χ0) is 25.1. The van der Waals surface area contributed by atoms with E-state index in [2.05, 4.69) is 38.7 Å². The Morgan fingerprint density at radius 3 is 2.31 bits per heavy atom. The van der Waals surface area contributed by atoms with E-state index in [1.807, 2.05) is 43.3 Å². The Labute approximate surface area is 207 Å². The van der Waals surface area contributed by atoms with Crippen LogP contribution in [0.3, 0.4) is 0 Å². The van der Waals surface area contributed by atoms with Gasteiger partial charge in [-0.1, -0.05) is 45.9 Å². The summed E-state index contributed by atoms with van der Waals surface area (Å²) in [5.74, 6) is -0.344. The molecule has 0 unspecified atom stereocenters. The van der Waals surface area contributed by atoms with Gasteiger partial charge in [0, 0.05) is 49.5 Å². The van der Waals surface area contributed by atoms with E-state index in [9.17, 15) is 9.59 Å². The highest BCUT2D eigenvalue weighted by molar-refractivity contribution is 6.08. The Morgan fingerprint density at radius 2 is 1.66 bits per heavy atom. The van der Waals surface area contributed by atoms with E-state index in [0.29, 0.717) is 5.58 Å². The molecular weight excluding hydrogens is 436 g/mol. The van der Waals surface area contributed by atoms with Crippen LogP contribution < -0.4 is 15.4 Å². The molecule has 0 saturated heterocycles. The summed E-state index contributed by atoms with van der Waals surface area (Å²) in [7, 11) is 3.97. The van der Waals surface area contributed by atoms with Crippen molar-refractivity contribution in [2.75, 3.05) is 37.0 Å². The van der Waals surface area contributed by atoms with E-state index in [0.717, 1.165) is 48.1 Å². The fourth-order valence-electron chi connectivity index (χ4n) is 5.47. The van der Waals surface area contributed by atoms with E-state index < -0.39 is 5.63 Å². The third kappa shape index (κ3) is 3.97. The smallest absolute Gasteiger partial charge is 0.347 e. The van der Waals surface area contributed by atoms with E-state index in [1.54, 1.807) is 12.1 Å². The van der Waals surface area contributed by atoms with Gasteiger partial charge in [-0.15, -0.1) is 0 Å². The van der Waals surface area contributed by atoms with Gasteiger partial charge in [-0.05, 0) is 65.1 Å². The molecule has 0 radical (unpaired) electrons. The first-order valence-corrected chi connectivity index (χ1v) is 12.4. The lowest BCUT2D eigenvalue weighted by atomic mass is 9.69. The van der Waals surface area contributed by atoms with Crippen molar-refractivity contribution in [2.24, 2.45) is 0 Å². The summed E-state index contributed by atoms with van der Waals surface area (Å²) in [6, 6.07) is 11.8. The van der Waals surface area contributed by atoms with Crippen LogP contribution in [-0.2, 0) is 10.8 Å². The molecular formula is C30H34N2O3. The number of allylic oxidation sites excluding steroid dienone is 1. The third-order valence-electron chi connectivity index (χ3n) is 7.83.